The lowest BCUT2D eigenvalue weighted by atomic mass is 10.1. The van der Waals surface area contributed by atoms with Crippen LogP contribution in [0, 0.1) is 0 Å². The van der Waals surface area contributed by atoms with Gasteiger partial charge in [0.15, 0.2) is 0 Å². The first-order chi connectivity index (χ1) is 7.00. The number of hydrogen-bond acceptors (Lipinski definition) is 1. The lowest BCUT2D eigenvalue weighted by Gasteiger charge is -2.05. The highest BCUT2D eigenvalue weighted by Gasteiger charge is 2.30. The zero-order valence-corrected chi connectivity index (χ0v) is 7.73. The fourth-order valence-electron chi connectivity index (χ4n) is 1.47. The SMILES string of the molecule is NCc1cc2ccc(C(F)(F)F)cc2[nH]1. The van der Waals surface area contributed by atoms with Gasteiger partial charge in [0.05, 0.1) is 5.56 Å². The molecule has 0 spiro atoms. The van der Waals surface area contributed by atoms with Gasteiger partial charge in [0, 0.05) is 17.8 Å². The van der Waals surface area contributed by atoms with Crippen molar-refractivity contribution in [1.29, 1.82) is 0 Å². The summed E-state index contributed by atoms with van der Waals surface area (Å²) in [6.45, 7) is 0.288. The van der Waals surface area contributed by atoms with Crippen LogP contribution in [0.5, 0.6) is 0 Å². The van der Waals surface area contributed by atoms with Crippen molar-refractivity contribution in [3.8, 4) is 0 Å². The molecule has 0 bridgehead atoms. The van der Waals surface area contributed by atoms with Crippen molar-refractivity contribution >= 4 is 10.9 Å². The second kappa shape index (κ2) is 3.27. The Morgan fingerprint density at radius 1 is 1.20 bits per heavy atom. The van der Waals surface area contributed by atoms with Crippen LogP contribution in [0.3, 0.4) is 0 Å². The van der Waals surface area contributed by atoms with E-state index in [1.807, 2.05) is 0 Å². The van der Waals surface area contributed by atoms with E-state index in [1.54, 1.807) is 6.07 Å². The van der Waals surface area contributed by atoms with Gasteiger partial charge < -0.3 is 10.7 Å². The van der Waals surface area contributed by atoms with Crippen LogP contribution in [-0.2, 0) is 12.7 Å². The van der Waals surface area contributed by atoms with Crippen LogP contribution < -0.4 is 5.73 Å². The molecule has 1 aromatic carbocycles. The van der Waals surface area contributed by atoms with Crippen molar-refractivity contribution in [2.75, 3.05) is 0 Å². The van der Waals surface area contributed by atoms with Gasteiger partial charge in [-0.05, 0) is 23.6 Å². The number of halogens is 3. The first kappa shape index (κ1) is 10.0. The number of fused-ring (bicyclic) bond motifs is 1. The molecular formula is C10H9F3N2. The summed E-state index contributed by atoms with van der Waals surface area (Å²) < 4.78 is 37.1. The van der Waals surface area contributed by atoms with Gasteiger partial charge in [-0.15, -0.1) is 0 Å². The molecule has 0 radical (unpaired) electrons. The van der Waals surface area contributed by atoms with Gasteiger partial charge in [0.25, 0.3) is 0 Å². The van der Waals surface area contributed by atoms with Crippen LogP contribution >= 0.6 is 0 Å². The highest BCUT2D eigenvalue weighted by atomic mass is 19.4. The maximum atomic E-state index is 12.4. The molecule has 0 aliphatic rings. The maximum absolute atomic E-state index is 12.4. The van der Waals surface area contributed by atoms with E-state index >= 15 is 0 Å². The van der Waals surface area contributed by atoms with Crippen LogP contribution in [0.15, 0.2) is 24.3 Å². The maximum Gasteiger partial charge on any atom is 0.416 e. The number of aromatic nitrogens is 1. The Hall–Kier alpha value is -1.49. The Bertz CT molecular complexity index is 485. The summed E-state index contributed by atoms with van der Waals surface area (Å²) in [6.07, 6.45) is -4.30. The van der Waals surface area contributed by atoms with E-state index in [2.05, 4.69) is 4.98 Å². The number of nitrogens with one attached hydrogen (secondary N) is 1. The summed E-state index contributed by atoms with van der Waals surface area (Å²) >= 11 is 0. The second-order valence-corrected chi connectivity index (χ2v) is 3.30. The molecular weight excluding hydrogens is 205 g/mol. The molecule has 0 fully saturated rings. The fraction of sp³-hybridized carbons (Fsp3) is 0.200. The van der Waals surface area contributed by atoms with Crippen LogP contribution in [0.4, 0.5) is 13.2 Å². The molecule has 2 aromatic rings. The van der Waals surface area contributed by atoms with E-state index in [4.69, 9.17) is 5.73 Å². The number of benzene rings is 1. The standard InChI is InChI=1S/C10H9F3N2/c11-10(12,13)7-2-1-6-3-8(5-14)15-9(6)4-7/h1-4,15H,5,14H2. The Balaban J connectivity index is 2.55. The molecule has 1 aromatic heterocycles. The number of hydrogen-bond donors (Lipinski definition) is 2. The summed E-state index contributed by atoms with van der Waals surface area (Å²) in [6, 6.07) is 5.34. The predicted molar refractivity (Wildman–Crippen MR) is 51.2 cm³/mol. The van der Waals surface area contributed by atoms with Gasteiger partial charge in [-0.2, -0.15) is 13.2 Å². The number of H-pyrrole nitrogens is 1. The van der Waals surface area contributed by atoms with Crippen molar-refractivity contribution in [2.24, 2.45) is 5.73 Å². The summed E-state index contributed by atoms with van der Waals surface area (Å²) in [5.74, 6) is 0. The molecule has 2 nitrogen and oxygen atoms in total. The number of nitrogens with two attached hydrogens (primary N) is 1. The quantitative estimate of drug-likeness (QED) is 0.752. The van der Waals surface area contributed by atoms with Crippen LogP contribution in [0.25, 0.3) is 10.9 Å². The first-order valence-electron chi connectivity index (χ1n) is 4.39. The van der Waals surface area contributed by atoms with Gasteiger partial charge in [0.2, 0.25) is 0 Å². The summed E-state index contributed by atoms with van der Waals surface area (Å²) in [4.78, 5) is 2.83. The Morgan fingerprint density at radius 2 is 1.93 bits per heavy atom. The van der Waals surface area contributed by atoms with E-state index < -0.39 is 11.7 Å². The minimum atomic E-state index is -4.30. The van der Waals surface area contributed by atoms with Crippen molar-refractivity contribution < 1.29 is 13.2 Å². The topological polar surface area (TPSA) is 41.8 Å². The zero-order valence-electron chi connectivity index (χ0n) is 7.73. The molecule has 0 saturated heterocycles. The van der Waals surface area contributed by atoms with Crippen LogP contribution in [0.1, 0.15) is 11.3 Å². The van der Waals surface area contributed by atoms with Crippen molar-refractivity contribution in [1.82, 2.24) is 4.98 Å². The lowest BCUT2D eigenvalue weighted by molar-refractivity contribution is -0.137. The molecule has 80 valence electrons. The van der Waals surface area contributed by atoms with Gasteiger partial charge in [-0.3, -0.25) is 0 Å². The Morgan fingerprint density at radius 3 is 2.53 bits per heavy atom. The minimum absolute atomic E-state index is 0.288. The van der Waals surface area contributed by atoms with Gasteiger partial charge in [0.1, 0.15) is 0 Å². The zero-order chi connectivity index (χ0) is 11.1. The normalized spacial score (nSPS) is 12.3. The van der Waals surface area contributed by atoms with Crippen LogP contribution in [-0.4, -0.2) is 4.98 Å². The monoisotopic (exact) mass is 214 g/mol. The minimum Gasteiger partial charge on any atom is -0.357 e. The van der Waals surface area contributed by atoms with Crippen molar-refractivity contribution in [3.05, 3.63) is 35.5 Å². The molecule has 0 aliphatic carbocycles. The first-order valence-corrected chi connectivity index (χ1v) is 4.39. The van der Waals surface area contributed by atoms with E-state index in [1.165, 1.54) is 6.07 Å². The van der Waals surface area contributed by atoms with Crippen molar-refractivity contribution in [2.45, 2.75) is 12.7 Å². The highest BCUT2D eigenvalue weighted by Crippen LogP contribution is 2.31. The summed E-state index contributed by atoms with van der Waals surface area (Å²) in [7, 11) is 0. The fourth-order valence-corrected chi connectivity index (χ4v) is 1.47. The van der Waals surface area contributed by atoms with Crippen molar-refractivity contribution in [3.63, 3.8) is 0 Å². The van der Waals surface area contributed by atoms with E-state index in [-0.39, 0.29) is 6.54 Å². The molecule has 3 N–H and O–H groups in total. The largest absolute Gasteiger partial charge is 0.416 e. The summed E-state index contributed by atoms with van der Waals surface area (Å²) in [5, 5.41) is 0.739. The number of rotatable bonds is 1. The molecule has 2 rings (SSSR count). The number of alkyl halides is 3. The molecule has 15 heavy (non-hydrogen) atoms. The third-order valence-corrected chi connectivity index (χ3v) is 2.23. The average molecular weight is 214 g/mol. The van der Waals surface area contributed by atoms with Gasteiger partial charge >= 0.3 is 6.18 Å². The molecule has 5 heteroatoms. The second-order valence-electron chi connectivity index (χ2n) is 3.30. The molecule has 0 unspecified atom stereocenters. The van der Waals surface area contributed by atoms with E-state index in [0.717, 1.165) is 23.2 Å². The molecule has 0 saturated carbocycles. The smallest absolute Gasteiger partial charge is 0.357 e. The van der Waals surface area contributed by atoms with Gasteiger partial charge in [-0.1, -0.05) is 6.07 Å². The third kappa shape index (κ3) is 1.83. The molecule has 0 aliphatic heterocycles. The third-order valence-electron chi connectivity index (χ3n) is 2.23. The average Bonchev–Trinajstić information content (AvgIpc) is 2.57. The van der Waals surface area contributed by atoms with Gasteiger partial charge in [-0.25, -0.2) is 0 Å². The number of aromatic amines is 1. The summed E-state index contributed by atoms with van der Waals surface area (Å²) in [5.41, 5.74) is 5.92. The highest BCUT2D eigenvalue weighted by molar-refractivity contribution is 5.81. The van der Waals surface area contributed by atoms with Crippen LogP contribution in [0.2, 0.25) is 0 Å². The van der Waals surface area contributed by atoms with E-state index in [0.29, 0.717) is 5.52 Å². The Labute approximate surface area is 83.9 Å². The lowest BCUT2D eigenvalue weighted by Crippen LogP contribution is -2.04. The molecule has 1 heterocycles. The van der Waals surface area contributed by atoms with E-state index in [9.17, 15) is 13.2 Å². The molecule has 0 amide bonds. The predicted octanol–water partition coefficient (Wildman–Crippen LogP) is 2.65. The Kier molecular flexibility index (Phi) is 2.19. The molecule has 0 atom stereocenters.